The smallest absolute Gasteiger partial charge is 0.267 e. The van der Waals surface area contributed by atoms with E-state index in [0.717, 1.165) is 0 Å². The van der Waals surface area contributed by atoms with E-state index in [0.29, 0.717) is 20.7 Å². The van der Waals surface area contributed by atoms with Gasteiger partial charge in [0.05, 0.1) is 5.69 Å². The van der Waals surface area contributed by atoms with Crippen LogP contribution in [0.4, 0.5) is 18.9 Å². The molecule has 0 aliphatic heterocycles. The van der Waals surface area contributed by atoms with Crippen LogP contribution in [0.3, 0.4) is 0 Å². The fourth-order valence-corrected chi connectivity index (χ4v) is 3.94. The van der Waals surface area contributed by atoms with Gasteiger partial charge in [0.15, 0.2) is 4.90 Å². The number of hydrogen-bond donors (Lipinski definition) is 1. The second-order valence-corrected chi connectivity index (χ2v) is 7.15. The zero-order chi connectivity index (χ0) is 15.8. The summed E-state index contributed by atoms with van der Waals surface area (Å²) in [5, 5.41) is 0.376. The van der Waals surface area contributed by atoms with Crippen LogP contribution >= 0.6 is 34.2 Å². The highest BCUT2D eigenvalue weighted by molar-refractivity contribution is 14.1. The molecule has 0 unspecified atom stereocenters. The molecule has 2 rings (SSSR count). The van der Waals surface area contributed by atoms with E-state index in [4.69, 9.17) is 11.6 Å². The van der Waals surface area contributed by atoms with Gasteiger partial charge in [0.2, 0.25) is 0 Å². The van der Waals surface area contributed by atoms with Gasteiger partial charge in [-0.3, -0.25) is 4.72 Å². The van der Waals surface area contributed by atoms with Gasteiger partial charge in [-0.15, -0.1) is 0 Å². The van der Waals surface area contributed by atoms with E-state index in [2.05, 4.69) is 0 Å². The van der Waals surface area contributed by atoms with E-state index in [1.54, 1.807) is 0 Å². The summed E-state index contributed by atoms with van der Waals surface area (Å²) in [5.74, 6) is -4.22. The molecule has 0 bridgehead atoms. The van der Waals surface area contributed by atoms with Crippen LogP contribution in [0.1, 0.15) is 0 Å². The highest BCUT2D eigenvalue weighted by atomic mass is 127. The number of halogens is 5. The van der Waals surface area contributed by atoms with Crippen LogP contribution in [0.15, 0.2) is 35.2 Å². The topological polar surface area (TPSA) is 46.2 Å². The number of nitrogens with one attached hydrogen (secondary N) is 1. The fourth-order valence-electron chi connectivity index (χ4n) is 1.55. The van der Waals surface area contributed by atoms with Crippen molar-refractivity contribution < 1.29 is 21.6 Å². The fraction of sp³-hybridized carbons (Fsp3) is 0. The molecular weight excluding hydrogens is 442 g/mol. The van der Waals surface area contributed by atoms with Gasteiger partial charge in [-0.25, -0.2) is 21.6 Å². The Morgan fingerprint density at radius 1 is 1.05 bits per heavy atom. The first-order valence-electron chi connectivity index (χ1n) is 5.33. The molecule has 0 aliphatic rings. The molecule has 2 aromatic carbocycles. The molecule has 1 N–H and O–H groups in total. The molecule has 0 aromatic heterocycles. The summed E-state index contributed by atoms with van der Waals surface area (Å²) in [6.45, 7) is 0. The van der Waals surface area contributed by atoms with Crippen LogP contribution in [-0.4, -0.2) is 8.42 Å². The predicted molar refractivity (Wildman–Crippen MR) is 81.3 cm³/mol. The molecule has 0 fully saturated rings. The number of anilines is 1. The summed E-state index contributed by atoms with van der Waals surface area (Å²) in [6, 6.07) is 4.83. The summed E-state index contributed by atoms with van der Waals surface area (Å²) in [7, 11) is -4.54. The van der Waals surface area contributed by atoms with Crippen molar-refractivity contribution >= 4 is 49.9 Å². The molecule has 0 amide bonds. The van der Waals surface area contributed by atoms with E-state index in [9.17, 15) is 21.6 Å². The molecule has 112 valence electrons. The lowest BCUT2D eigenvalue weighted by Crippen LogP contribution is -2.17. The van der Waals surface area contributed by atoms with Crippen LogP contribution in [-0.2, 0) is 10.0 Å². The van der Waals surface area contributed by atoms with Crippen molar-refractivity contribution in [2.75, 3.05) is 4.72 Å². The van der Waals surface area contributed by atoms with Crippen LogP contribution in [0.2, 0.25) is 5.02 Å². The maximum atomic E-state index is 13.6. The van der Waals surface area contributed by atoms with Gasteiger partial charge in [-0.05, 0) is 40.8 Å². The Morgan fingerprint density at radius 3 is 2.14 bits per heavy atom. The van der Waals surface area contributed by atoms with Crippen molar-refractivity contribution in [2.45, 2.75) is 4.90 Å². The highest BCUT2D eigenvalue weighted by Gasteiger charge is 2.25. The first kappa shape index (κ1) is 16.4. The molecule has 0 spiro atoms. The molecule has 0 atom stereocenters. The van der Waals surface area contributed by atoms with Crippen molar-refractivity contribution in [3.8, 4) is 0 Å². The van der Waals surface area contributed by atoms with E-state index in [-0.39, 0.29) is 5.69 Å². The van der Waals surface area contributed by atoms with Gasteiger partial charge < -0.3 is 0 Å². The van der Waals surface area contributed by atoms with Gasteiger partial charge in [0.25, 0.3) is 10.0 Å². The third kappa shape index (κ3) is 3.61. The maximum Gasteiger partial charge on any atom is 0.267 e. The minimum Gasteiger partial charge on any atom is -0.278 e. The van der Waals surface area contributed by atoms with Crippen LogP contribution in [0, 0.1) is 21.0 Å². The Hall–Kier alpha value is -1.00. The summed E-state index contributed by atoms with van der Waals surface area (Å²) in [5.41, 5.74) is 0.100. The Balaban J connectivity index is 2.48. The summed E-state index contributed by atoms with van der Waals surface area (Å²) < 4.78 is 66.5. The van der Waals surface area contributed by atoms with Gasteiger partial charge >= 0.3 is 0 Å². The van der Waals surface area contributed by atoms with Gasteiger partial charge in [-0.2, -0.15) is 0 Å². The Bertz CT molecular complexity index is 791. The molecule has 2 aromatic rings. The highest BCUT2D eigenvalue weighted by Crippen LogP contribution is 2.27. The molecule has 3 nitrogen and oxygen atoms in total. The molecule has 0 heterocycles. The maximum absolute atomic E-state index is 13.6. The average molecular weight is 448 g/mol. The number of benzene rings is 2. The van der Waals surface area contributed by atoms with E-state index < -0.39 is 32.4 Å². The normalized spacial score (nSPS) is 11.5. The minimum atomic E-state index is -4.54. The van der Waals surface area contributed by atoms with Gasteiger partial charge in [0.1, 0.15) is 17.5 Å². The largest absolute Gasteiger partial charge is 0.278 e. The lowest BCUT2D eigenvalue weighted by molar-refractivity contribution is 0.498. The van der Waals surface area contributed by atoms with Crippen molar-refractivity contribution in [1.82, 2.24) is 0 Å². The van der Waals surface area contributed by atoms with Crippen LogP contribution < -0.4 is 4.72 Å². The van der Waals surface area contributed by atoms with E-state index >= 15 is 0 Å². The zero-order valence-electron chi connectivity index (χ0n) is 10.0. The summed E-state index contributed by atoms with van der Waals surface area (Å²) in [6.07, 6.45) is 0. The number of sulfonamides is 1. The standard InChI is InChI=1S/C12H6ClF3INO2S/c13-6-1-2-11(10(17)3-6)18-21(19,20)12-8(15)4-7(14)5-9(12)16/h1-5,18H. The molecule has 0 radical (unpaired) electrons. The molecule has 9 heteroatoms. The first-order valence-corrected chi connectivity index (χ1v) is 8.27. The van der Waals surface area contributed by atoms with E-state index in [1.807, 2.05) is 27.3 Å². The lowest BCUT2D eigenvalue weighted by Gasteiger charge is -2.11. The van der Waals surface area contributed by atoms with Crippen LogP contribution in [0.25, 0.3) is 0 Å². The molecule has 21 heavy (non-hydrogen) atoms. The van der Waals surface area contributed by atoms with Gasteiger partial charge in [-0.1, -0.05) is 11.6 Å². The monoisotopic (exact) mass is 447 g/mol. The summed E-state index contributed by atoms with van der Waals surface area (Å²) >= 11 is 7.54. The molecule has 0 aliphatic carbocycles. The second kappa shape index (κ2) is 6.01. The predicted octanol–water partition coefficient (Wildman–Crippen LogP) is 4.16. The quantitative estimate of drug-likeness (QED) is 0.718. The minimum absolute atomic E-state index is 0.100. The number of rotatable bonds is 3. The Morgan fingerprint density at radius 2 is 1.62 bits per heavy atom. The molecule has 0 saturated heterocycles. The SMILES string of the molecule is O=S(=O)(Nc1ccc(Cl)cc1I)c1c(F)cc(F)cc1F. The zero-order valence-corrected chi connectivity index (χ0v) is 13.7. The van der Waals surface area contributed by atoms with Gasteiger partial charge in [0, 0.05) is 20.7 Å². The Kier molecular flexibility index (Phi) is 4.69. The van der Waals surface area contributed by atoms with E-state index in [1.165, 1.54) is 18.2 Å². The number of hydrogen-bond acceptors (Lipinski definition) is 2. The first-order chi connectivity index (χ1) is 9.70. The third-order valence-corrected chi connectivity index (χ3v) is 4.95. The Labute approximate surface area is 137 Å². The molecule has 0 saturated carbocycles. The van der Waals surface area contributed by atoms with Crippen molar-refractivity contribution in [3.05, 3.63) is 56.4 Å². The van der Waals surface area contributed by atoms with Crippen LogP contribution in [0.5, 0.6) is 0 Å². The van der Waals surface area contributed by atoms with Crippen molar-refractivity contribution in [1.29, 1.82) is 0 Å². The van der Waals surface area contributed by atoms with Crippen molar-refractivity contribution in [2.24, 2.45) is 0 Å². The third-order valence-electron chi connectivity index (χ3n) is 2.41. The second-order valence-electron chi connectivity index (χ2n) is 3.93. The van der Waals surface area contributed by atoms with Crippen molar-refractivity contribution in [3.63, 3.8) is 0 Å². The molecular formula is C12H6ClF3INO2S. The average Bonchev–Trinajstić information content (AvgIpc) is 2.30. The summed E-state index contributed by atoms with van der Waals surface area (Å²) in [4.78, 5) is -1.24. The lowest BCUT2D eigenvalue weighted by atomic mass is 10.3.